The Kier molecular flexibility index (Phi) is 6.46. The number of fused-ring (bicyclic) bond motifs is 1. The number of piperidine rings is 1. The minimum Gasteiger partial charge on any atom is -0.497 e. The predicted octanol–water partition coefficient (Wildman–Crippen LogP) is 3.15. The van der Waals surface area contributed by atoms with Crippen LogP contribution in [-0.2, 0) is 14.4 Å². The summed E-state index contributed by atoms with van der Waals surface area (Å²) in [5.74, 6) is -0.226. The normalized spacial score (nSPS) is 18.4. The smallest absolute Gasteiger partial charge is 0.250 e. The number of ether oxygens (including phenoxy) is 1. The van der Waals surface area contributed by atoms with Gasteiger partial charge in [0.1, 0.15) is 12.3 Å². The summed E-state index contributed by atoms with van der Waals surface area (Å²) in [5.41, 5.74) is 1.23. The van der Waals surface area contributed by atoms with Crippen molar-refractivity contribution in [2.24, 2.45) is 0 Å². The fraction of sp³-hybridized carbons (Fsp3) is 0.348. The van der Waals surface area contributed by atoms with Crippen LogP contribution in [0.15, 0.2) is 53.4 Å². The second kappa shape index (κ2) is 9.43. The van der Waals surface area contributed by atoms with Gasteiger partial charge in [-0.1, -0.05) is 18.2 Å². The first-order valence-electron chi connectivity index (χ1n) is 10.4. The van der Waals surface area contributed by atoms with Crippen molar-refractivity contribution in [1.29, 1.82) is 0 Å². The molecule has 2 heterocycles. The number of carbonyl (C=O) groups is 3. The molecule has 4 rings (SSSR count). The number of likely N-dealkylation sites (tertiary alicyclic amines) is 1. The van der Waals surface area contributed by atoms with E-state index >= 15 is 0 Å². The van der Waals surface area contributed by atoms with Crippen LogP contribution in [-0.4, -0.2) is 54.6 Å². The van der Waals surface area contributed by atoms with Gasteiger partial charge in [-0.15, -0.1) is 11.8 Å². The lowest BCUT2D eigenvalue weighted by atomic mass is 10.1. The van der Waals surface area contributed by atoms with Crippen molar-refractivity contribution < 1.29 is 19.1 Å². The first kappa shape index (κ1) is 21.2. The van der Waals surface area contributed by atoms with Crippen LogP contribution in [0.4, 0.5) is 11.4 Å². The highest BCUT2D eigenvalue weighted by Gasteiger charge is 2.40. The van der Waals surface area contributed by atoms with E-state index in [1.165, 1.54) is 16.7 Å². The van der Waals surface area contributed by atoms with Gasteiger partial charge in [0, 0.05) is 29.7 Å². The van der Waals surface area contributed by atoms with E-state index in [0.717, 1.165) is 24.2 Å². The Hall–Kier alpha value is -3.00. The summed E-state index contributed by atoms with van der Waals surface area (Å²) >= 11 is 1.28. The number of benzene rings is 2. The minimum atomic E-state index is -0.863. The molecule has 2 aromatic carbocycles. The summed E-state index contributed by atoms with van der Waals surface area (Å²) in [5, 5.41) is 1.94. The van der Waals surface area contributed by atoms with Crippen LogP contribution in [0.5, 0.6) is 5.75 Å². The number of hydrogen-bond acceptors (Lipinski definition) is 5. The van der Waals surface area contributed by atoms with Crippen LogP contribution in [0, 0.1) is 0 Å². The Bertz CT molecular complexity index is 990. The summed E-state index contributed by atoms with van der Waals surface area (Å²) < 4.78 is 5.19. The van der Waals surface area contributed by atoms with E-state index in [4.69, 9.17) is 4.74 Å². The van der Waals surface area contributed by atoms with E-state index in [1.54, 1.807) is 42.3 Å². The van der Waals surface area contributed by atoms with Crippen LogP contribution >= 0.6 is 11.8 Å². The molecule has 2 aromatic rings. The first-order chi connectivity index (χ1) is 15.1. The van der Waals surface area contributed by atoms with Gasteiger partial charge in [0.05, 0.1) is 12.8 Å². The Morgan fingerprint density at radius 3 is 2.65 bits per heavy atom. The molecule has 1 N–H and O–H groups in total. The van der Waals surface area contributed by atoms with Gasteiger partial charge in [-0.05, 0) is 43.5 Å². The molecule has 2 aliphatic rings. The molecule has 0 spiro atoms. The molecular formula is C23H25N3O4S. The largest absolute Gasteiger partial charge is 0.497 e. The third-order valence-corrected chi connectivity index (χ3v) is 6.68. The molecule has 7 nitrogen and oxygen atoms in total. The summed E-state index contributed by atoms with van der Waals surface area (Å²) in [6.45, 7) is 1.19. The number of hydrogen-bond donors (Lipinski definition) is 1. The number of thioether (sulfide) groups is 1. The topological polar surface area (TPSA) is 79.0 Å². The van der Waals surface area contributed by atoms with E-state index < -0.39 is 5.25 Å². The Balaban J connectivity index is 1.54. The molecule has 0 radical (unpaired) electrons. The highest BCUT2D eigenvalue weighted by molar-refractivity contribution is 8.01. The van der Waals surface area contributed by atoms with Crippen LogP contribution in [0.1, 0.15) is 19.3 Å². The first-order valence-corrected chi connectivity index (χ1v) is 11.2. The highest BCUT2D eigenvalue weighted by atomic mass is 32.2. The molecule has 0 aromatic heterocycles. The van der Waals surface area contributed by atoms with Crippen molar-refractivity contribution in [1.82, 2.24) is 4.90 Å². The van der Waals surface area contributed by atoms with Crippen molar-refractivity contribution in [3.8, 4) is 5.75 Å². The molecule has 0 saturated carbocycles. The standard InChI is InChI=1S/C23H25N3O4S/c1-30-17-9-7-8-16(14-17)24-20(27)15-26-18-10-3-4-11-19(18)31-21(23(26)29)22(28)25-12-5-2-6-13-25/h3-4,7-11,14,21H,2,5-6,12-13,15H2,1H3,(H,24,27)/t21-/m1/s1. The van der Waals surface area contributed by atoms with Gasteiger partial charge in [-0.25, -0.2) is 0 Å². The van der Waals surface area contributed by atoms with Gasteiger partial charge < -0.3 is 19.9 Å². The van der Waals surface area contributed by atoms with Crippen LogP contribution in [0.3, 0.4) is 0 Å². The monoisotopic (exact) mass is 439 g/mol. The average molecular weight is 440 g/mol. The van der Waals surface area contributed by atoms with E-state index in [0.29, 0.717) is 30.2 Å². The van der Waals surface area contributed by atoms with Gasteiger partial charge in [-0.2, -0.15) is 0 Å². The number of nitrogens with one attached hydrogen (secondary N) is 1. The fourth-order valence-corrected chi connectivity index (χ4v) is 5.05. The molecule has 1 fully saturated rings. The lowest BCUT2D eigenvalue weighted by Gasteiger charge is -2.36. The minimum absolute atomic E-state index is 0.164. The molecule has 1 saturated heterocycles. The molecule has 162 valence electrons. The van der Waals surface area contributed by atoms with Gasteiger partial charge in [-0.3, -0.25) is 14.4 Å². The molecule has 2 aliphatic heterocycles. The SMILES string of the molecule is COc1cccc(NC(=O)CN2C(=O)[C@@H](C(=O)N3CCCCC3)Sc3ccccc32)c1. The molecule has 1 atom stereocenters. The van der Waals surface area contributed by atoms with Gasteiger partial charge in [0.15, 0.2) is 5.25 Å². The summed E-state index contributed by atoms with van der Waals surface area (Å²) in [6.07, 6.45) is 3.02. The lowest BCUT2D eigenvalue weighted by molar-refractivity contribution is -0.135. The average Bonchev–Trinajstić information content (AvgIpc) is 2.81. The van der Waals surface area contributed by atoms with Crippen molar-refractivity contribution in [2.75, 3.05) is 37.0 Å². The number of rotatable bonds is 5. The quantitative estimate of drug-likeness (QED) is 0.724. The Labute approximate surface area is 185 Å². The molecular weight excluding hydrogens is 414 g/mol. The summed E-state index contributed by atoms with van der Waals surface area (Å²) in [4.78, 5) is 43.2. The van der Waals surface area contributed by atoms with E-state index in [-0.39, 0.29) is 24.3 Å². The molecule has 3 amide bonds. The second-order valence-corrected chi connectivity index (χ2v) is 8.70. The van der Waals surface area contributed by atoms with E-state index in [2.05, 4.69) is 5.32 Å². The zero-order valence-electron chi connectivity index (χ0n) is 17.4. The maximum Gasteiger partial charge on any atom is 0.250 e. The Morgan fingerprint density at radius 2 is 1.87 bits per heavy atom. The zero-order valence-corrected chi connectivity index (χ0v) is 18.2. The molecule has 0 bridgehead atoms. The molecule has 8 heteroatoms. The number of carbonyl (C=O) groups excluding carboxylic acids is 3. The van der Waals surface area contributed by atoms with Crippen LogP contribution in [0.25, 0.3) is 0 Å². The lowest BCUT2D eigenvalue weighted by Crippen LogP contribution is -2.52. The van der Waals surface area contributed by atoms with Crippen LogP contribution in [0.2, 0.25) is 0 Å². The summed E-state index contributed by atoms with van der Waals surface area (Å²) in [6, 6.07) is 14.4. The highest BCUT2D eigenvalue weighted by Crippen LogP contribution is 2.40. The number of amides is 3. The van der Waals surface area contributed by atoms with Crippen molar-refractivity contribution in [3.05, 3.63) is 48.5 Å². The maximum atomic E-state index is 13.3. The van der Waals surface area contributed by atoms with Crippen molar-refractivity contribution in [3.63, 3.8) is 0 Å². The molecule has 31 heavy (non-hydrogen) atoms. The zero-order chi connectivity index (χ0) is 21.8. The molecule has 0 unspecified atom stereocenters. The Morgan fingerprint density at radius 1 is 1.10 bits per heavy atom. The van der Waals surface area contributed by atoms with Gasteiger partial charge in [0.2, 0.25) is 11.8 Å². The van der Waals surface area contributed by atoms with Crippen molar-refractivity contribution >= 4 is 40.9 Å². The van der Waals surface area contributed by atoms with E-state index in [9.17, 15) is 14.4 Å². The molecule has 0 aliphatic carbocycles. The maximum absolute atomic E-state index is 13.3. The predicted molar refractivity (Wildman–Crippen MR) is 120 cm³/mol. The van der Waals surface area contributed by atoms with Gasteiger partial charge >= 0.3 is 0 Å². The number of para-hydroxylation sites is 1. The summed E-state index contributed by atoms with van der Waals surface area (Å²) in [7, 11) is 1.56. The van der Waals surface area contributed by atoms with E-state index in [1.807, 2.05) is 18.2 Å². The third kappa shape index (κ3) is 4.69. The fourth-order valence-electron chi connectivity index (χ4n) is 3.86. The van der Waals surface area contributed by atoms with Crippen molar-refractivity contribution in [2.45, 2.75) is 29.4 Å². The second-order valence-electron chi connectivity index (χ2n) is 7.56. The third-order valence-electron chi connectivity index (χ3n) is 5.44. The van der Waals surface area contributed by atoms with Crippen LogP contribution < -0.4 is 15.0 Å². The number of methoxy groups -OCH3 is 1. The number of anilines is 2. The number of nitrogens with zero attached hydrogens (tertiary/aromatic N) is 2. The van der Waals surface area contributed by atoms with Gasteiger partial charge in [0.25, 0.3) is 5.91 Å².